The summed E-state index contributed by atoms with van der Waals surface area (Å²) in [7, 11) is -3.33. The standard InChI is InChI=1S/C18H16FNO3S/c1-13-3-2-4-14(11-13)18(21)20(16-7-5-15(19)6-8-16)17-9-10-24(22,23)12-17/h2-11,17H,12H2,1H3/t17-/m0/s1. The number of halogens is 1. The van der Waals surface area contributed by atoms with E-state index in [1.807, 2.05) is 13.0 Å². The van der Waals surface area contributed by atoms with Crippen molar-refractivity contribution in [2.24, 2.45) is 0 Å². The molecule has 0 aromatic heterocycles. The summed E-state index contributed by atoms with van der Waals surface area (Å²) in [4.78, 5) is 14.4. The SMILES string of the molecule is Cc1cccc(C(=O)N(c2ccc(F)cc2)[C@H]2C=CS(=O)(=O)C2)c1. The van der Waals surface area contributed by atoms with Gasteiger partial charge in [0.15, 0.2) is 9.84 Å². The summed E-state index contributed by atoms with van der Waals surface area (Å²) in [5, 5.41) is 1.12. The van der Waals surface area contributed by atoms with E-state index in [-0.39, 0.29) is 11.7 Å². The lowest BCUT2D eigenvalue weighted by Crippen LogP contribution is -2.41. The number of carbonyl (C=O) groups is 1. The molecule has 124 valence electrons. The molecular formula is C18H16FNO3S. The molecule has 1 heterocycles. The Morgan fingerprint density at radius 1 is 1.17 bits per heavy atom. The highest BCUT2D eigenvalue weighted by molar-refractivity contribution is 7.94. The molecule has 0 N–H and O–H groups in total. The number of hydrogen-bond acceptors (Lipinski definition) is 3. The first-order valence-electron chi connectivity index (χ1n) is 7.42. The maximum absolute atomic E-state index is 13.2. The van der Waals surface area contributed by atoms with Gasteiger partial charge < -0.3 is 4.90 Å². The monoisotopic (exact) mass is 345 g/mol. The number of amides is 1. The molecule has 1 atom stereocenters. The van der Waals surface area contributed by atoms with Crippen molar-refractivity contribution < 1.29 is 17.6 Å². The average molecular weight is 345 g/mol. The summed E-state index contributed by atoms with van der Waals surface area (Å²) >= 11 is 0. The molecule has 0 bridgehead atoms. The molecule has 3 rings (SSSR count). The molecule has 0 fully saturated rings. The number of carbonyl (C=O) groups excluding carboxylic acids is 1. The predicted molar refractivity (Wildman–Crippen MR) is 91.1 cm³/mol. The van der Waals surface area contributed by atoms with Crippen LogP contribution in [0.25, 0.3) is 0 Å². The lowest BCUT2D eigenvalue weighted by Gasteiger charge is -2.28. The van der Waals surface area contributed by atoms with E-state index < -0.39 is 21.7 Å². The van der Waals surface area contributed by atoms with Crippen LogP contribution in [0, 0.1) is 12.7 Å². The highest BCUT2D eigenvalue weighted by atomic mass is 32.2. The summed E-state index contributed by atoms with van der Waals surface area (Å²) in [6.07, 6.45) is 1.49. The molecule has 24 heavy (non-hydrogen) atoms. The van der Waals surface area contributed by atoms with Gasteiger partial charge in [0.05, 0.1) is 11.8 Å². The maximum Gasteiger partial charge on any atom is 0.258 e. The molecule has 0 aliphatic carbocycles. The largest absolute Gasteiger partial charge is 0.300 e. The number of rotatable bonds is 3. The van der Waals surface area contributed by atoms with Gasteiger partial charge in [-0.2, -0.15) is 0 Å². The zero-order valence-corrected chi connectivity index (χ0v) is 13.8. The zero-order valence-electron chi connectivity index (χ0n) is 13.0. The Labute approximate surface area is 140 Å². The summed E-state index contributed by atoms with van der Waals surface area (Å²) in [6, 6.07) is 11.9. The number of aryl methyl sites for hydroxylation is 1. The van der Waals surface area contributed by atoms with Crippen LogP contribution in [0.5, 0.6) is 0 Å². The zero-order chi connectivity index (χ0) is 17.3. The van der Waals surface area contributed by atoms with Crippen LogP contribution in [0.4, 0.5) is 10.1 Å². The van der Waals surface area contributed by atoms with Crippen LogP contribution >= 0.6 is 0 Å². The van der Waals surface area contributed by atoms with Crippen molar-refractivity contribution in [1.29, 1.82) is 0 Å². The third-order valence-electron chi connectivity index (χ3n) is 3.83. The van der Waals surface area contributed by atoms with Gasteiger partial charge in [0, 0.05) is 16.7 Å². The molecule has 2 aromatic rings. The average Bonchev–Trinajstić information content (AvgIpc) is 2.89. The Morgan fingerprint density at radius 3 is 2.46 bits per heavy atom. The Morgan fingerprint density at radius 2 is 1.88 bits per heavy atom. The van der Waals surface area contributed by atoms with Crippen LogP contribution in [0.15, 0.2) is 60.0 Å². The van der Waals surface area contributed by atoms with Crippen LogP contribution in [0.1, 0.15) is 15.9 Å². The molecule has 4 nitrogen and oxygen atoms in total. The van der Waals surface area contributed by atoms with Gasteiger partial charge in [-0.1, -0.05) is 17.7 Å². The molecule has 0 saturated carbocycles. The molecule has 0 spiro atoms. The van der Waals surface area contributed by atoms with Gasteiger partial charge in [0.2, 0.25) is 0 Å². The molecule has 0 radical (unpaired) electrons. The Balaban J connectivity index is 2.03. The second-order valence-corrected chi connectivity index (χ2v) is 7.68. The van der Waals surface area contributed by atoms with Gasteiger partial charge in [0.1, 0.15) is 5.82 Å². The number of benzene rings is 2. The van der Waals surface area contributed by atoms with E-state index in [1.165, 1.54) is 35.2 Å². The molecule has 1 amide bonds. The van der Waals surface area contributed by atoms with E-state index in [9.17, 15) is 17.6 Å². The molecule has 1 aliphatic rings. The molecule has 0 saturated heterocycles. The normalized spacial score (nSPS) is 18.5. The molecule has 0 unspecified atom stereocenters. The van der Waals surface area contributed by atoms with E-state index in [0.717, 1.165) is 11.0 Å². The first kappa shape index (κ1) is 16.4. The van der Waals surface area contributed by atoms with Crippen molar-refractivity contribution in [1.82, 2.24) is 0 Å². The quantitative estimate of drug-likeness (QED) is 0.859. The summed E-state index contributed by atoms with van der Waals surface area (Å²) in [6.45, 7) is 1.87. The maximum atomic E-state index is 13.2. The van der Waals surface area contributed by atoms with Crippen LogP contribution in [-0.2, 0) is 9.84 Å². The van der Waals surface area contributed by atoms with Gasteiger partial charge in [-0.15, -0.1) is 0 Å². The van der Waals surface area contributed by atoms with Gasteiger partial charge >= 0.3 is 0 Å². The minimum Gasteiger partial charge on any atom is -0.300 e. The lowest BCUT2D eigenvalue weighted by molar-refractivity contribution is 0.0983. The van der Waals surface area contributed by atoms with Crippen LogP contribution in [-0.4, -0.2) is 26.1 Å². The number of nitrogens with zero attached hydrogens (tertiary/aromatic N) is 1. The molecule has 1 aliphatic heterocycles. The number of hydrogen-bond donors (Lipinski definition) is 0. The summed E-state index contributed by atoms with van der Waals surface area (Å²) < 4.78 is 36.7. The van der Waals surface area contributed by atoms with Gasteiger partial charge in [-0.25, -0.2) is 12.8 Å². The minimum absolute atomic E-state index is 0.179. The van der Waals surface area contributed by atoms with E-state index in [1.54, 1.807) is 18.2 Å². The molecular weight excluding hydrogens is 329 g/mol. The van der Waals surface area contributed by atoms with Gasteiger partial charge in [-0.3, -0.25) is 4.79 Å². The van der Waals surface area contributed by atoms with Crippen molar-refractivity contribution >= 4 is 21.4 Å². The van der Waals surface area contributed by atoms with Crippen LogP contribution < -0.4 is 4.90 Å². The molecule has 2 aromatic carbocycles. The smallest absolute Gasteiger partial charge is 0.258 e. The second-order valence-electron chi connectivity index (χ2n) is 5.75. The highest BCUT2D eigenvalue weighted by Crippen LogP contribution is 2.25. The van der Waals surface area contributed by atoms with Crippen molar-refractivity contribution in [2.75, 3.05) is 10.7 Å². The first-order valence-corrected chi connectivity index (χ1v) is 9.14. The van der Waals surface area contributed by atoms with Crippen molar-refractivity contribution in [2.45, 2.75) is 13.0 Å². The fraction of sp³-hybridized carbons (Fsp3) is 0.167. The minimum atomic E-state index is -3.33. The van der Waals surface area contributed by atoms with E-state index in [4.69, 9.17) is 0 Å². The van der Waals surface area contributed by atoms with Gasteiger partial charge in [0.25, 0.3) is 5.91 Å². The Bertz CT molecular complexity index is 904. The van der Waals surface area contributed by atoms with Crippen molar-refractivity contribution in [3.63, 3.8) is 0 Å². The fourth-order valence-corrected chi connectivity index (χ4v) is 3.97. The van der Waals surface area contributed by atoms with E-state index >= 15 is 0 Å². The van der Waals surface area contributed by atoms with E-state index in [0.29, 0.717) is 11.3 Å². The number of anilines is 1. The van der Waals surface area contributed by atoms with Crippen LogP contribution in [0.2, 0.25) is 0 Å². The lowest BCUT2D eigenvalue weighted by atomic mass is 10.1. The van der Waals surface area contributed by atoms with Crippen molar-refractivity contribution in [3.05, 3.63) is 77.0 Å². The third kappa shape index (κ3) is 3.38. The summed E-state index contributed by atoms with van der Waals surface area (Å²) in [5.41, 5.74) is 1.83. The van der Waals surface area contributed by atoms with Crippen molar-refractivity contribution in [3.8, 4) is 0 Å². The van der Waals surface area contributed by atoms with Gasteiger partial charge in [-0.05, 0) is 49.4 Å². The molecule has 6 heteroatoms. The third-order valence-corrected chi connectivity index (χ3v) is 5.21. The fourth-order valence-electron chi connectivity index (χ4n) is 2.70. The second kappa shape index (κ2) is 6.20. The highest BCUT2D eigenvalue weighted by Gasteiger charge is 2.32. The predicted octanol–water partition coefficient (Wildman–Crippen LogP) is 3.09. The summed E-state index contributed by atoms with van der Waals surface area (Å²) in [5.74, 6) is -0.921. The van der Waals surface area contributed by atoms with Crippen LogP contribution in [0.3, 0.4) is 0 Å². The Kier molecular flexibility index (Phi) is 4.24. The Hall–Kier alpha value is -2.47. The van der Waals surface area contributed by atoms with E-state index in [2.05, 4.69) is 0 Å². The first-order chi connectivity index (χ1) is 11.4. The number of sulfone groups is 1. The topological polar surface area (TPSA) is 54.5 Å².